The smallest absolute Gasteiger partial charge is 0.305 e. The topological polar surface area (TPSA) is 26.3 Å². The highest BCUT2D eigenvalue weighted by Gasteiger charge is 2.02. The number of aryl methyl sites for hydroxylation is 1. The van der Waals surface area contributed by atoms with Crippen LogP contribution in [0.4, 0.5) is 0 Å². The van der Waals surface area contributed by atoms with Crippen molar-refractivity contribution in [2.75, 3.05) is 6.61 Å². The maximum absolute atomic E-state index is 11.6. The Hall–Kier alpha value is -1.09. The van der Waals surface area contributed by atoms with Gasteiger partial charge in [0.2, 0.25) is 0 Å². The molecule has 0 saturated carbocycles. The Morgan fingerprint density at radius 3 is 2.46 bits per heavy atom. The van der Waals surface area contributed by atoms with Gasteiger partial charge < -0.3 is 4.74 Å². The molecule has 24 heavy (non-hydrogen) atoms. The number of hydrogen-bond acceptors (Lipinski definition) is 3. The molecule has 1 aromatic heterocycles. The average Bonchev–Trinajstić information content (AvgIpc) is 3.10. The second-order valence-corrected chi connectivity index (χ2v) is 7.24. The maximum Gasteiger partial charge on any atom is 0.305 e. The van der Waals surface area contributed by atoms with E-state index in [1.807, 2.05) is 6.08 Å². The lowest BCUT2D eigenvalue weighted by atomic mass is 10.1. The Bertz CT molecular complexity index is 411. The molecule has 0 bridgehead atoms. The summed E-state index contributed by atoms with van der Waals surface area (Å²) >= 11 is 1.77. The first-order chi connectivity index (χ1) is 11.8. The minimum absolute atomic E-state index is 0.0140. The molecule has 0 N–H and O–H groups in total. The fraction of sp³-hybridized carbons (Fsp3) is 0.667. The zero-order chi connectivity index (χ0) is 17.3. The van der Waals surface area contributed by atoms with Crippen LogP contribution in [0.25, 0.3) is 0 Å². The van der Waals surface area contributed by atoms with Crippen molar-refractivity contribution in [3.05, 3.63) is 35.0 Å². The third-order valence-corrected chi connectivity index (χ3v) is 4.97. The molecule has 0 radical (unpaired) electrons. The molecule has 1 rings (SSSR count). The van der Waals surface area contributed by atoms with Gasteiger partial charge in [-0.15, -0.1) is 6.58 Å². The molecule has 3 heteroatoms. The van der Waals surface area contributed by atoms with Crippen molar-refractivity contribution in [1.82, 2.24) is 0 Å². The number of carbonyl (C=O) groups is 1. The molecule has 0 aliphatic heterocycles. The summed E-state index contributed by atoms with van der Waals surface area (Å²) in [6, 6.07) is 2.20. The highest BCUT2D eigenvalue weighted by molar-refractivity contribution is 7.07. The van der Waals surface area contributed by atoms with E-state index in [-0.39, 0.29) is 5.97 Å². The van der Waals surface area contributed by atoms with Crippen LogP contribution >= 0.6 is 11.3 Å². The van der Waals surface area contributed by atoms with Crippen molar-refractivity contribution in [2.24, 2.45) is 0 Å². The van der Waals surface area contributed by atoms with Crippen LogP contribution in [0, 0.1) is 0 Å². The monoisotopic (exact) mass is 350 g/mol. The van der Waals surface area contributed by atoms with Crippen LogP contribution in [0.3, 0.4) is 0 Å². The zero-order valence-corrected chi connectivity index (χ0v) is 16.0. The van der Waals surface area contributed by atoms with E-state index in [2.05, 4.69) is 23.4 Å². The molecule has 0 aromatic carbocycles. The van der Waals surface area contributed by atoms with Crippen molar-refractivity contribution < 1.29 is 9.53 Å². The van der Waals surface area contributed by atoms with Crippen LogP contribution in [0.15, 0.2) is 29.5 Å². The van der Waals surface area contributed by atoms with Crippen molar-refractivity contribution in [1.29, 1.82) is 0 Å². The molecule has 0 fully saturated rings. The fourth-order valence-electron chi connectivity index (χ4n) is 2.74. The highest BCUT2D eigenvalue weighted by atomic mass is 32.1. The van der Waals surface area contributed by atoms with Gasteiger partial charge in [-0.2, -0.15) is 11.3 Å². The number of hydrogen-bond donors (Lipinski definition) is 0. The first kappa shape index (κ1) is 21.0. The zero-order valence-electron chi connectivity index (χ0n) is 15.1. The second-order valence-electron chi connectivity index (χ2n) is 6.46. The summed E-state index contributed by atoms with van der Waals surface area (Å²) in [6.45, 7) is 4.33. The molecule has 0 spiro atoms. The molecule has 136 valence electrons. The number of carbonyl (C=O) groups excluding carboxylic acids is 1. The minimum Gasteiger partial charge on any atom is -0.466 e. The van der Waals surface area contributed by atoms with Gasteiger partial charge in [-0.1, -0.05) is 44.6 Å². The summed E-state index contributed by atoms with van der Waals surface area (Å²) in [5.74, 6) is -0.0140. The Kier molecular flexibility index (Phi) is 13.5. The van der Waals surface area contributed by atoms with E-state index >= 15 is 0 Å². The molecule has 0 aliphatic rings. The average molecular weight is 351 g/mol. The first-order valence-electron chi connectivity index (χ1n) is 9.60. The maximum atomic E-state index is 11.6. The van der Waals surface area contributed by atoms with E-state index in [1.54, 1.807) is 11.3 Å². The molecule has 0 atom stereocenters. The van der Waals surface area contributed by atoms with E-state index in [0.29, 0.717) is 13.0 Å². The van der Waals surface area contributed by atoms with Gasteiger partial charge in [0.25, 0.3) is 0 Å². The lowest BCUT2D eigenvalue weighted by molar-refractivity contribution is -0.143. The third kappa shape index (κ3) is 12.3. The van der Waals surface area contributed by atoms with Crippen LogP contribution < -0.4 is 0 Å². The molecule has 1 heterocycles. The summed E-state index contributed by atoms with van der Waals surface area (Å²) < 4.78 is 5.31. The van der Waals surface area contributed by atoms with Gasteiger partial charge in [-0.05, 0) is 60.9 Å². The molecule has 0 saturated heterocycles. The predicted octanol–water partition coefficient (Wildman–Crippen LogP) is 6.70. The van der Waals surface area contributed by atoms with Gasteiger partial charge >= 0.3 is 5.97 Å². The van der Waals surface area contributed by atoms with Gasteiger partial charge in [-0.25, -0.2) is 0 Å². The van der Waals surface area contributed by atoms with E-state index in [0.717, 1.165) is 32.1 Å². The quantitative estimate of drug-likeness (QED) is 0.188. The summed E-state index contributed by atoms with van der Waals surface area (Å²) in [5.41, 5.74) is 1.45. The Labute approximate surface area is 152 Å². The summed E-state index contributed by atoms with van der Waals surface area (Å²) in [5, 5.41) is 4.36. The molecule has 2 nitrogen and oxygen atoms in total. The molecule has 1 aromatic rings. The van der Waals surface area contributed by atoms with Gasteiger partial charge in [-0.3, -0.25) is 4.79 Å². The first-order valence-corrected chi connectivity index (χ1v) is 10.5. The number of ether oxygens (including phenoxy) is 1. The van der Waals surface area contributed by atoms with Gasteiger partial charge in [0.15, 0.2) is 0 Å². The third-order valence-electron chi connectivity index (χ3n) is 4.24. The van der Waals surface area contributed by atoms with Crippen LogP contribution in [0.5, 0.6) is 0 Å². The summed E-state index contributed by atoms with van der Waals surface area (Å²) in [7, 11) is 0. The van der Waals surface area contributed by atoms with Crippen LogP contribution in [-0.2, 0) is 16.0 Å². The summed E-state index contributed by atoms with van der Waals surface area (Å²) in [6.07, 6.45) is 16.6. The SMILES string of the molecule is C=CCCCCCCCCC(=O)OCCCCCCc1ccsc1. The Morgan fingerprint density at radius 1 is 1.00 bits per heavy atom. The molecule has 0 unspecified atom stereocenters. The number of unbranched alkanes of at least 4 members (excludes halogenated alkanes) is 9. The molecular weight excluding hydrogens is 316 g/mol. The standard InChI is InChI=1S/C21H34O2S/c1-2-3-4-5-6-7-8-12-15-21(22)23-17-13-10-9-11-14-20-16-18-24-19-20/h2,16,18-19H,1,3-15,17H2. The van der Waals surface area contributed by atoms with Crippen molar-refractivity contribution in [3.8, 4) is 0 Å². The predicted molar refractivity (Wildman–Crippen MR) is 105 cm³/mol. The lowest BCUT2D eigenvalue weighted by Gasteiger charge is -2.05. The van der Waals surface area contributed by atoms with Gasteiger partial charge in [0, 0.05) is 6.42 Å². The Balaban J connectivity index is 1.78. The van der Waals surface area contributed by atoms with Crippen molar-refractivity contribution in [2.45, 2.75) is 83.5 Å². The Morgan fingerprint density at radius 2 is 1.71 bits per heavy atom. The molecule has 0 aliphatic carbocycles. The number of rotatable bonds is 16. The molecular formula is C21H34O2S. The lowest BCUT2D eigenvalue weighted by Crippen LogP contribution is -2.05. The highest BCUT2D eigenvalue weighted by Crippen LogP contribution is 2.12. The minimum atomic E-state index is -0.0140. The number of esters is 1. The second kappa shape index (κ2) is 15.4. The van der Waals surface area contributed by atoms with Crippen LogP contribution in [0.2, 0.25) is 0 Å². The van der Waals surface area contributed by atoms with E-state index in [1.165, 1.54) is 50.5 Å². The van der Waals surface area contributed by atoms with Crippen molar-refractivity contribution in [3.63, 3.8) is 0 Å². The van der Waals surface area contributed by atoms with Gasteiger partial charge in [0.05, 0.1) is 6.61 Å². The van der Waals surface area contributed by atoms with Crippen LogP contribution in [-0.4, -0.2) is 12.6 Å². The number of thiophene rings is 1. The van der Waals surface area contributed by atoms with E-state index < -0.39 is 0 Å². The van der Waals surface area contributed by atoms with Crippen molar-refractivity contribution >= 4 is 17.3 Å². The summed E-state index contributed by atoms with van der Waals surface area (Å²) in [4.78, 5) is 11.6. The number of allylic oxidation sites excluding steroid dienone is 1. The van der Waals surface area contributed by atoms with E-state index in [9.17, 15) is 4.79 Å². The van der Waals surface area contributed by atoms with Gasteiger partial charge in [0.1, 0.15) is 0 Å². The largest absolute Gasteiger partial charge is 0.466 e. The van der Waals surface area contributed by atoms with Crippen LogP contribution in [0.1, 0.15) is 82.6 Å². The van der Waals surface area contributed by atoms with E-state index in [4.69, 9.17) is 4.74 Å². The fourth-order valence-corrected chi connectivity index (χ4v) is 3.45. The molecule has 0 amide bonds. The normalized spacial score (nSPS) is 10.7.